The van der Waals surface area contributed by atoms with E-state index in [-0.39, 0.29) is 34.6 Å². The fourth-order valence-electron chi connectivity index (χ4n) is 15.8. The molecule has 6 fully saturated rings. The van der Waals surface area contributed by atoms with Crippen LogP contribution in [0, 0.1) is 22.7 Å². The van der Waals surface area contributed by atoms with Gasteiger partial charge in [0.15, 0.2) is 0 Å². The minimum absolute atomic E-state index is 0.0405. The van der Waals surface area contributed by atoms with E-state index in [1.807, 2.05) is 5.57 Å². The number of nitrogens with zero attached hydrogens (tertiary/aromatic N) is 2. The summed E-state index contributed by atoms with van der Waals surface area (Å²) in [4.78, 5) is 6.19. The molecule has 0 aromatic heterocycles. The Morgan fingerprint density at radius 1 is 0.879 bits per heavy atom. The SMILES string of the molecule is CC(C)(C)C1C=C2C3=C(C1)N(C1CCCC4c5ccccc5OC41)C1CC(C4=CC=CCC4)OC1B3C1C=C(C3CCCCC3)C=C3C1N2C(C)(C)C31CCCCC1. The Labute approximate surface area is 350 Å². The molecule has 58 heavy (non-hydrogen) atoms. The van der Waals surface area contributed by atoms with E-state index in [1.54, 1.807) is 22.4 Å². The average molecular weight is 777 g/mol. The van der Waals surface area contributed by atoms with Crippen molar-refractivity contribution in [3.05, 3.63) is 99.9 Å². The van der Waals surface area contributed by atoms with Crippen molar-refractivity contribution in [2.75, 3.05) is 0 Å². The number of hydrogen-bond donors (Lipinski definition) is 0. The molecule has 3 saturated heterocycles. The maximum Gasteiger partial charge on any atom is 0.226 e. The zero-order valence-corrected chi connectivity index (χ0v) is 36.4. The van der Waals surface area contributed by atoms with Crippen LogP contribution in [0.2, 0.25) is 5.82 Å². The molecule has 5 aliphatic heterocycles. The smallest absolute Gasteiger partial charge is 0.226 e. The van der Waals surface area contributed by atoms with Gasteiger partial charge in [0.1, 0.15) is 11.9 Å². The molecule has 0 N–H and O–H groups in total. The minimum Gasteiger partial charge on any atom is -0.487 e. The maximum atomic E-state index is 7.82. The average Bonchev–Trinajstić information content (AvgIpc) is 3.90. The molecular weight excluding hydrogens is 707 g/mol. The fourth-order valence-corrected chi connectivity index (χ4v) is 15.8. The first-order valence-corrected chi connectivity index (χ1v) is 24.4. The highest BCUT2D eigenvalue weighted by Gasteiger charge is 2.70. The largest absolute Gasteiger partial charge is 0.487 e. The van der Waals surface area contributed by atoms with Gasteiger partial charge in [0, 0.05) is 33.8 Å². The van der Waals surface area contributed by atoms with Gasteiger partial charge in [0.2, 0.25) is 6.71 Å². The predicted octanol–water partition coefficient (Wildman–Crippen LogP) is 12.2. The van der Waals surface area contributed by atoms with Crippen LogP contribution in [-0.2, 0) is 4.74 Å². The number of para-hydroxylation sites is 1. The van der Waals surface area contributed by atoms with Crippen LogP contribution in [0.5, 0.6) is 5.75 Å². The number of fused-ring (bicyclic) bond motifs is 8. The molecule has 1 aromatic rings. The summed E-state index contributed by atoms with van der Waals surface area (Å²) in [7, 11) is 0. The van der Waals surface area contributed by atoms with Crippen LogP contribution in [0.3, 0.4) is 0 Å². The van der Waals surface area contributed by atoms with E-state index in [4.69, 9.17) is 9.47 Å². The van der Waals surface area contributed by atoms with Gasteiger partial charge in [0.25, 0.3) is 0 Å². The lowest BCUT2D eigenvalue weighted by Gasteiger charge is -2.60. The highest BCUT2D eigenvalue weighted by atomic mass is 16.5. The molecule has 1 aromatic carbocycles. The molecule has 4 nitrogen and oxygen atoms in total. The second-order valence-electron chi connectivity index (χ2n) is 22.5. The fraction of sp³-hybridized carbons (Fsp3) is 0.660. The Kier molecular flexibility index (Phi) is 8.46. The van der Waals surface area contributed by atoms with E-state index in [1.165, 1.54) is 94.6 Å². The number of ether oxygens (including phenoxy) is 2. The van der Waals surface area contributed by atoms with Crippen molar-refractivity contribution in [2.24, 2.45) is 22.7 Å². The highest BCUT2D eigenvalue weighted by molar-refractivity contribution is 6.72. The minimum atomic E-state index is 0.0405. The molecule has 0 radical (unpaired) electrons. The van der Waals surface area contributed by atoms with Crippen LogP contribution in [-0.4, -0.2) is 58.4 Å². The lowest BCUT2D eigenvalue weighted by Crippen LogP contribution is -2.67. The van der Waals surface area contributed by atoms with E-state index >= 15 is 0 Å². The van der Waals surface area contributed by atoms with Gasteiger partial charge >= 0.3 is 0 Å². The van der Waals surface area contributed by atoms with Crippen LogP contribution in [0.15, 0.2) is 94.3 Å². The van der Waals surface area contributed by atoms with E-state index in [9.17, 15) is 0 Å². The Bertz CT molecular complexity index is 2050. The first-order valence-electron chi connectivity index (χ1n) is 24.4. The third kappa shape index (κ3) is 5.16. The van der Waals surface area contributed by atoms with E-state index in [0.29, 0.717) is 42.5 Å². The number of benzene rings is 1. The van der Waals surface area contributed by atoms with Crippen LogP contribution in [0.4, 0.5) is 0 Å². The molecule has 11 aliphatic rings. The molecule has 5 heteroatoms. The number of allylic oxidation sites excluding steroid dienone is 8. The summed E-state index contributed by atoms with van der Waals surface area (Å²) < 4.78 is 15.0. The first-order chi connectivity index (χ1) is 28.1. The lowest BCUT2D eigenvalue weighted by atomic mass is 9.26. The molecule has 12 rings (SSSR count). The van der Waals surface area contributed by atoms with Crippen molar-refractivity contribution in [3.63, 3.8) is 0 Å². The van der Waals surface area contributed by atoms with E-state index in [0.717, 1.165) is 37.4 Å². The van der Waals surface area contributed by atoms with Crippen molar-refractivity contribution in [3.8, 4) is 5.75 Å². The molecule has 9 unspecified atom stereocenters. The van der Waals surface area contributed by atoms with Gasteiger partial charge in [-0.1, -0.05) is 120 Å². The summed E-state index contributed by atoms with van der Waals surface area (Å²) in [6.07, 6.45) is 38.1. The topological polar surface area (TPSA) is 24.9 Å². The summed E-state index contributed by atoms with van der Waals surface area (Å²) in [5, 5.41) is 0. The molecular formula is C53H69BN2O2. The van der Waals surface area contributed by atoms with Gasteiger partial charge in [-0.15, -0.1) is 0 Å². The van der Waals surface area contributed by atoms with Crippen LogP contribution in [0.1, 0.15) is 155 Å². The van der Waals surface area contributed by atoms with Gasteiger partial charge in [-0.2, -0.15) is 0 Å². The van der Waals surface area contributed by atoms with Crippen LogP contribution >= 0.6 is 0 Å². The quantitative estimate of drug-likeness (QED) is 0.286. The summed E-state index contributed by atoms with van der Waals surface area (Å²) >= 11 is 0. The molecule has 0 amide bonds. The predicted molar refractivity (Wildman–Crippen MR) is 237 cm³/mol. The van der Waals surface area contributed by atoms with Gasteiger partial charge in [0.05, 0.1) is 30.2 Å². The normalized spacial score (nSPS) is 38.2. The van der Waals surface area contributed by atoms with Crippen LogP contribution in [0.25, 0.3) is 0 Å². The maximum absolute atomic E-state index is 7.82. The number of hydrogen-bond acceptors (Lipinski definition) is 4. The standard InChI is InChI=1S/C53H69BN2O2/c1-51(2,3)36-30-42-47-43(31-36)56-48-39(53(52(56,4)5)26-15-8-16-27-53)28-35(33-18-9-6-10-19-33)29-40(48)54(47)50-44(32-46(58-50)34-20-11-7-12-21-34)55(42)41-24-17-23-38-37-22-13-14-25-45(37)57-49(38)41/h7,11,13-14,20,22,25,28-29,31,33,36,38,40-41,44,46,48-50H,6,8-10,12,15-19,21,23-24,26-27,30,32H2,1-5H3. The van der Waals surface area contributed by atoms with E-state index in [2.05, 4.69) is 105 Å². The summed E-state index contributed by atoms with van der Waals surface area (Å²) in [5.74, 6) is 3.26. The van der Waals surface area contributed by atoms with Crippen molar-refractivity contribution in [2.45, 2.75) is 197 Å². The van der Waals surface area contributed by atoms with Gasteiger partial charge in [-0.05, 0) is 129 Å². The molecule has 9 atom stereocenters. The monoisotopic (exact) mass is 777 g/mol. The third-order valence-electron chi connectivity index (χ3n) is 18.6. The Hall–Kier alpha value is -2.92. The van der Waals surface area contributed by atoms with Crippen molar-refractivity contribution in [1.82, 2.24) is 9.80 Å². The molecule has 1 spiro atoms. The summed E-state index contributed by atoms with van der Waals surface area (Å²) in [6, 6.07) is 10.4. The first kappa shape index (κ1) is 36.9. The van der Waals surface area contributed by atoms with Gasteiger partial charge < -0.3 is 19.3 Å². The van der Waals surface area contributed by atoms with Gasteiger partial charge in [-0.25, -0.2) is 0 Å². The van der Waals surface area contributed by atoms with Crippen molar-refractivity contribution >= 4 is 6.71 Å². The molecule has 0 bridgehead atoms. The molecule has 3 saturated carbocycles. The highest BCUT2D eigenvalue weighted by Crippen LogP contribution is 2.69. The Morgan fingerprint density at radius 2 is 1.69 bits per heavy atom. The lowest BCUT2D eigenvalue weighted by molar-refractivity contribution is 0.00841. The zero-order chi connectivity index (χ0) is 39.1. The summed E-state index contributed by atoms with van der Waals surface area (Å²) in [5.41, 5.74) is 12.0. The molecule has 5 heterocycles. The van der Waals surface area contributed by atoms with Crippen LogP contribution < -0.4 is 4.74 Å². The Morgan fingerprint density at radius 3 is 2.48 bits per heavy atom. The summed E-state index contributed by atoms with van der Waals surface area (Å²) in [6.45, 7) is 13.3. The van der Waals surface area contributed by atoms with Crippen molar-refractivity contribution in [1.29, 1.82) is 0 Å². The molecule has 306 valence electrons. The second kappa shape index (κ2) is 13.3. The number of rotatable bonds is 3. The van der Waals surface area contributed by atoms with Gasteiger partial charge in [-0.3, -0.25) is 0 Å². The third-order valence-corrected chi connectivity index (χ3v) is 18.6. The Balaban J connectivity index is 1.08. The zero-order valence-electron chi connectivity index (χ0n) is 36.4. The van der Waals surface area contributed by atoms with Crippen molar-refractivity contribution < 1.29 is 9.47 Å². The molecule has 6 aliphatic carbocycles. The van der Waals surface area contributed by atoms with E-state index < -0.39 is 0 Å². The second-order valence-corrected chi connectivity index (χ2v) is 22.5.